The molecule has 1 amide bonds. The first kappa shape index (κ1) is 19.6. The summed E-state index contributed by atoms with van der Waals surface area (Å²) in [6.07, 6.45) is 0. The Morgan fingerprint density at radius 3 is 2.48 bits per heavy atom. The van der Waals surface area contributed by atoms with E-state index >= 15 is 0 Å². The number of fused-ring (bicyclic) bond motifs is 1. The van der Waals surface area contributed by atoms with Crippen LogP contribution in [-0.4, -0.2) is 48.7 Å². The van der Waals surface area contributed by atoms with Crippen LogP contribution in [0.25, 0.3) is 10.9 Å². The van der Waals surface area contributed by atoms with Crippen LogP contribution in [0.5, 0.6) is 5.88 Å². The number of aromatic amines is 1. The van der Waals surface area contributed by atoms with E-state index in [-0.39, 0.29) is 11.8 Å². The monoisotopic (exact) mass is 413 g/mol. The summed E-state index contributed by atoms with van der Waals surface area (Å²) in [7, 11) is 0. The second-order valence-corrected chi connectivity index (χ2v) is 7.88. The van der Waals surface area contributed by atoms with E-state index in [1.807, 2.05) is 36.4 Å². The molecule has 0 spiro atoms. The van der Waals surface area contributed by atoms with Crippen LogP contribution in [0.1, 0.15) is 5.56 Å². The minimum atomic E-state index is -0.272. The fraction of sp³-hybridized carbons (Fsp3) is 0.286. The lowest BCUT2D eigenvalue weighted by Gasteiger charge is -2.28. The van der Waals surface area contributed by atoms with Crippen molar-refractivity contribution in [3.63, 3.8) is 0 Å². The van der Waals surface area contributed by atoms with Crippen LogP contribution in [-0.2, 0) is 11.3 Å². The molecular formula is C21H24ClN5O2+2. The molecule has 0 bridgehead atoms. The zero-order chi connectivity index (χ0) is 20.2. The van der Waals surface area contributed by atoms with Gasteiger partial charge in [-0.05, 0) is 18.2 Å². The van der Waals surface area contributed by atoms with Crippen molar-refractivity contribution in [1.29, 1.82) is 0 Å². The number of rotatable bonds is 5. The summed E-state index contributed by atoms with van der Waals surface area (Å²) >= 11 is 5.94. The number of benzene rings is 2. The number of nitrogens with zero attached hydrogens (tertiary/aromatic N) is 2. The molecule has 0 unspecified atom stereocenters. The highest BCUT2D eigenvalue weighted by atomic mass is 35.5. The fourth-order valence-electron chi connectivity index (χ4n) is 3.77. The molecule has 7 nitrogen and oxygen atoms in total. The van der Waals surface area contributed by atoms with Gasteiger partial charge in [0.2, 0.25) is 5.88 Å². The normalized spacial score (nSPS) is 19.8. The Labute approximate surface area is 173 Å². The third-order valence-electron chi connectivity index (χ3n) is 5.35. The van der Waals surface area contributed by atoms with Gasteiger partial charge in [0.15, 0.2) is 12.2 Å². The number of carbonyl (C=O) groups excluding carboxylic acids is 1. The Morgan fingerprint density at radius 2 is 1.72 bits per heavy atom. The van der Waals surface area contributed by atoms with E-state index in [1.165, 1.54) is 15.4 Å². The number of halogens is 1. The van der Waals surface area contributed by atoms with E-state index in [0.29, 0.717) is 12.2 Å². The summed E-state index contributed by atoms with van der Waals surface area (Å²) in [4.78, 5) is 17.8. The third-order valence-corrected chi connectivity index (χ3v) is 5.61. The van der Waals surface area contributed by atoms with Crippen molar-refractivity contribution >= 4 is 34.1 Å². The quantitative estimate of drug-likeness (QED) is 0.472. The molecule has 1 aromatic heterocycles. The molecular weight excluding hydrogens is 390 g/mol. The molecule has 4 rings (SSSR count). The molecule has 3 aromatic rings. The number of quaternary nitrogens is 2. The summed E-state index contributed by atoms with van der Waals surface area (Å²) in [6.45, 7) is 5.14. The van der Waals surface area contributed by atoms with Gasteiger partial charge in [0.1, 0.15) is 32.7 Å². The zero-order valence-corrected chi connectivity index (χ0v) is 16.7. The van der Waals surface area contributed by atoms with Crippen LogP contribution in [0.2, 0.25) is 5.02 Å². The van der Waals surface area contributed by atoms with Crippen molar-refractivity contribution in [1.82, 2.24) is 4.98 Å². The molecule has 2 heterocycles. The third kappa shape index (κ3) is 4.82. The second kappa shape index (κ2) is 8.73. The first-order valence-electron chi connectivity index (χ1n) is 9.74. The lowest BCUT2D eigenvalue weighted by atomic mass is 10.2. The number of para-hydroxylation sites is 1. The predicted molar refractivity (Wildman–Crippen MR) is 111 cm³/mol. The van der Waals surface area contributed by atoms with Crippen LogP contribution >= 0.6 is 11.6 Å². The Bertz CT molecular complexity index is 1020. The van der Waals surface area contributed by atoms with Gasteiger partial charge >= 0.3 is 5.91 Å². The van der Waals surface area contributed by atoms with Gasteiger partial charge in [0, 0.05) is 16.0 Å². The lowest BCUT2D eigenvalue weighted by Crippen LogP contribution is -3.27. The molecule has 29 heavy (non-hydrogen) atoms. The van der Waals surface area contributed by atoms with Crippen molar-refractivity contribution in [2.24, 2.45) is 10.2 Å². The molecule has 0 radical (unpaired) electrons. The van der Waals surface area contributed by atoms with E-state index in [4.69, 9.17) is 11.6 Å². The van der Waals surface area contributed by atoms with Crippen molar-refractivity contribution in [3.8, 4) is 5.88 Å². The van der Waals surface area contributed by atoms with Crippen LogP contribution in [0, 0.1) is 0 Å². The highest BCUT2D eigenvalue weighted by Gasteiger charge is 2.25. The van der Waals surface area contributed by atoms with Crippen molar-refractivity contribution < 1.29 is 19.7 Å². The lowest BCUT2D eigenvalue weighted by molar-refractivity contribution is -1.02. The summed E-state index contributed by atoms with van der Waals surface area (Å²) < 4.78 is 0. The Balaban J connectivity index is 1.29. The van der Waals surface area contributed by atoms with E-state index in [0.717, 1.165) is 48.6 Å². The molecule has 1 aliphatic rings. The van der Waals surface area contributed by atoms with Crippen molar-refractivity contribution in [2.45, 2.75) is 6.54 Å². The number of piperazine rings is 1. The van der Waals surface area contributed by atoms with E-state index in [1.54, 1.807) is 0 Å². The van der Waals surface area contributed by atoms with Gasteiger partial charge in [0.25, 0.3) is 0 Å². The van der Waals surface area contributed by atoms with Gasteiger partial charge in [-0.15, -0.1) is 10.2 Å². The topological polar surface area (TPSA) is 86.7 Å². The summed E-state index contributed by atoms with van der Waals surface area (Å²) in [6, 6.07) is 15.4. The molecule has 1 fully saturated rings. The van der Waals surface area contributed by atoms with E-state index < -0.39 is 0 Å². The maximum atomic E-state index is 12.3. The van der Waals surface area contributed by atoms with Crippen LogP contribution < -0.4 is 9.80 Å². The minimum Gasteiger partial charge on any atom is -0.493 e. The number of H-pyrrole nitrogens is 1. The highest BCUT2D eigenvalue weighted by molar-refractivity contribution is 6.30. The molecule has 2 aromatic carbocycles. The molecule has 0 saturated carbocycles. The average Bonchev–Trinajstić information content (AvgIpc) is 3.04. The number of azo groups is 1. The van der Waals surface area contributed by atoms with Crippen LogP contribution in [0.4, 0.5) is 5.69 Å². The maximum Gasteiger partial charge on any atom is 0.319 e. The number of amides is 1. The first-order valence-corrected chi connectivity index (χ1v) is 10.1. The standard InChI is InChI=1S/C21H22ClN5O2/c22-16-7-5-15(6-8-16)13-26-9-11-27(12-10-26)14-19(28)24-25-20-17-3-1-2-4-18(17)23-21(20)29/h1-8,23,29H,9-14H2/p+2. The number of aromatic hydroxyl groups is 1. The summed E-state index contributed by atoms with van der Waals surface area (Å²) in [5.41, 5.74) is 2.34. The smallest absolute Gasteiger partial charge is 0.319 e. The fourth-order valence-corrected chi connectivity index (χ4v) is 3.90. The first-order chi connectivity index (χ1) is 14.1. The van der Waals surface area contributed by atoms with Crippen LogP contribution in [0.15, 0.2) is 58.8 Å². The molecule has 1 saturated heterocycles. The van der Waals surface area contributed by atoms with Gasteiger partial charge in [-0.3, -0.25) is 4.79 Å². The van der Waals surface area contributed by atoms with Gasteiger partial charge < -0.3 is 19.9 Å². The maximum absolute atomic E-state index is 12.3. The SMILES string of the molecule is O=C(C[NH+]1CC[NH+](Cc2ccc(Cl)cc2)CC1)N=Nc1c(O)[nH]c2ccccc12. The number of carbonyl (C=O) groups is 1. The molecule has 0 atom stereocenters. The Morgan fingerprint density at radius 1 is 1.03 bits per heavy atom. The molecule has 8 heteroatoms. The van der Waals surface area contributed by atoms with E-state index in [9.17, 15) is 9.90 Å². The van der Waals surface area contributed by atoms with Gasteiger partial charge in [-0.2, -0.15) is 0 Å². The number of nitrogens with one attached hydrogen (secondary N) is 3. The number of hydrogen-bond donors (Lipinski definition) is 4. The Kier molecular flexibility index (Phi) is 5.89. The minimum absolute atomic E-state index is 0.0745. The number of hydrogen-bond acceptors (Lipinski definition) is 3. The summed E-state index contributed by atoms with van der Waals surface area (Å²) in [5, 5.41) is 19.3. The van der Waals surface area contributed by atoms with Crippen molar-refractivity contribution in [2.75, 3.05) is 32.7 Å². The summed E-state index contributed by atoms with van der Waals surface area (Å²) in [5.74, 6) is -0.347. The largest absolute Gasteiger partial charge is 0.493 e. The Hall–Kier alpha value is -2.74. The van der Waals surface area contributed by atoms with Gasteiger partial charge in [-0.1, -0.05) is 41.9 Å². The molecule has 150 valence electrons. The molecule has 4 N–H and O–H groups in total. The second-order valence-electron chi connectivity index (χ2n) is 7.44. The number of aromatic nitrogens is 1. The average molecular weight is 414 g/mol. The molecule has 0 aliphatic carbocycles. The predicted octanol–water partition coefficient (Wildman–Crippen LogP) is 1.12. The van der Waals surface area contributed by atoms with Crippen molar-refractivity contribution in [3.05, 3.63) is 59.1 Å². The van der Waals surface area contributed by atoms with Gasteiger partial charge in [-0.25, -0.2) is 0 Å². The molecule has 1 aliphatic heterocycles. The zero-order valence-electron chi connectivity index (χ0n) is 16.0. The van der Waals surface area contributed by atoms with Crippen LogP contribution in [0.3, 0.4) is 0 Å². The van der Waals surface area contributed by atoms with Gasteiger partial charge in [0.05, 0.1) is 5.52 Å². The highest BCUT2D eigenvalue weighted by Crippen LogP contribution is 2.35. The van der Waals surface area contributed by atoms with E-state index in [2.05, 4.69) is 27.3 Å².